The number of ether oxygens (including phenoxy) is 1. The lowest BCUT2D eigenvalue weighted by Gasteiger charge is -2.27. The number of para-hydroxylation sites is 1. The van der Waals surface area contributed by atoms with Crippen LogP contribution in [0.2, 0.25) is 0 Å². The first-order valence-electron chi connectivity index (χ1n) is 7.56. The minimum absolute atomic E-state index is 0.0450. The summed E-state index contributed by atoms with van der Waals surface area (Å²) < 4.78 is 6.00. The Balaban J connectivity index is 1.69. The molecule has 21 heavy (non-hydrogen) atoms. The third-order valence-electron chi connectivity index (χ3n) is 4.44. The molecule has 114 valence electrons. The van der Waals surface area contributed by atoms with Gasteiger partial charge in [0.2, 0.25) is 5.91 Å². The number of hydrogen-bond donors (Lipinski definition) is 3. The highest BCUT2D eigenvalue weighted by Crippen LogP contribution is 2.36. The third-order valence-corrected chi connectivity index (χ3v) is 4.44. The Labute approximate surface area is 124 Å². The van der Waals surface area contributed by atoms with E-state index in [0.29, 0.717) is 24.6 Å². The Kier molecular flexibility index (Phi) is 3.87. The molecule has 0 aromatic heterocycles. The van der Waals surface area contributed by atoms with Crippen molar-refractivity contribution in [1.29, 1.82) is 0 Å². The van der Waals surface area contributed by atoms with Crippen LogP contribution in [0.4, 0.5) is 0 Å². The molecule has 0 saturated heterocycles. The van der Waals surface area contributed by atoms with Gasteiger partial charge in [0.05, 0.1) is 6.61 Å². The maximum atomic E-state index is 11.9. The summed E-state index contributed by atoms with van der Waals surface area (Å²) in [6.07, 6.45) is 4.30. The summed E-state index contributed by atoms with van der Waals surface area (Å²) in [7, 11) is 0. The first kappa shape index (κ1) is 14.4. The molecule has 1 aromatic carbocycles. The van der Waals surface area contributed by atoms with Crippen LogP contribution in [0.15, 0.2) is 24.3 Å². The molecule has 4 N–H and O–H groups in total. The number of aliphatic hydroxyl groups excluding tert-OH is 1. The quantitative estimate of drug-likeness (QED) is 0.732. The van der Waals surface area contributed by atoms with Gasteiger partial charge in [-0.3, -0.25) is 4.79 Å². The molecule has 5 heteroatoms. The molecule has 0 radical (unpaired) electrons. The van der Waals surface area contributed by atoms with Crippen LogP contribution in [-0.4, -0.2) is 28.7 Å². The van der Waals surface area contributed by atoms with E-state index < -0.39 is 5.54 Å². The molecule has 2 aliphatic rings. The van der Waals surface area contributed by atoms with E-state index in [2.05, 4.69) is 5.32 Å². The fraction of sp³-hybridized carbons (Fsp3) is 0.562. The molecule has 0 spiro atoms. The van der Waals surface area contributed by atoms with Gasteiger partial charge in [0.15, 0.2) is 0 Å². The zero-order chi connectivity index (χ0) is 14.9. The van der Waals surface area contributed by atoms with E-state index in [-0.39, 0.29) is 18.6 Å². The summed E-state index contributed by atoms with van der Waals surface area (Å²) in [5, 5.41) is 12.8. The molecule has 2 atom stereocenters. The predicted molar refractivity (Wildman–Crippen MR) is 78.7 cm³/mol. The molecule has 2 aliphatic carbocycles. The lowest BCUT2D eigenvalue weighted by Crippen LogP contribution is -2.55. The van der Waals surface area contributed by atoms with Crippen LogP contribution < -0.4 is 15.8 Å². The number of nitrogens with one attached hydrogen (secondary N) is 1. The van der Waals surface area contributed by atoms with Gasteiger partial charge < -0.3 is 20.9 Å². The van der Waals surface area contributed by atoms with Crippen LogP contribution in [0.25, 0.3) is 0 Å². The summed E-state index contributed by atoms with van der Waals surface area (Å²) in [6.45, 7) is -0.0514. The number of benzene rings is 1. The zero-order valence-electron chi connectivity index (χ0n) is 12.0. The van der Waals surface area contributed by atoms with Crippen molar-refractivity contribution in [2.75, 3.05) is 0 Å². The molecular formula is C16H22N2O3. The van der Waals surface area contributed by atoms with Gasteiger partial charge in [-0.25, -0.2) is 0 Å². The van der Waals surface area contributed by atoms with Gasteiger partial charge in [0.25, 0.3) is 0 Å². The smallest absolute Gasteiger partial charge is 0.237 e. The largest absolute Gasteiger partial charge is 0.490 e. The average Bonchev–Trinajstić information content (AvgIpc) is 3.19. The van der Waals surface area contributed by atoms with E-state index in [9.17, 15) is 9.90 Å². The highest BCUT2D eigenvalue weighted by Gasteiger charge is 2.47. The van der Waals surface area contributed by atoms with Crippen molar-refractivity contribution in [3.8, 4) is 5.75 Å². The highest BCUT2D eigenvalue weighted by molar-refractivity contribution is 5.85. The molecule has 0 aliphatic heterocycles. The van der Waals surface area contributed by atoms with E-state index in [1.165, 1.54) is 0 Å². The summed E-state index contributed by atoms with van der Waals surface area (Å²) in [4.78, 5) is 11.9. The molecular weight excluding hydrogens is 268 g/mol. The second kappa shape index (κ2) is 5.66. The molecule has 1 amide bonds. The standard InChI is InChI=1S/C16H22N2O3/c17-15(20)16(18-12-5-6-12)8-7-13(9-16)21-14-4-2-1-3-11(14)10-19/h1-4,12-13,18-19H,5-10H2,(H2,17,20). The number of amides is 1. The Morgan fingerprint density at radius 2 is 2.14 bits per heavy atom. The fourth-order valence-corrected chi connectivity index (χ4v) is 3.07. The normalized spacial score (nSPS) is 28.5. The lowest BCUT2D eigenvalue weighted by atomic mass is 9.96. The van der Waals surface area contributed by atoms with Crippen molar-refractivity contribution in [2.24, 2.45) is 5.73 Å². The molecule has 0 heterocycles. The maximum Gasteiger partial charge on any atom is 0.237 e. The van der Waals surface area contributed by atoms with E-state index in [0.717, 1.165) is 24.8 Å². The number of rotatable bonds is 6. The van der Waals surface area contributed by atoms with Crippen LogP contribution in [0.5, 0.6) is 5.75 Å². The Hall–Kier alpha value is -1.59. The first-order chi connectivity index (χ1) is 10.1. The summed E-state index contributed by atoms with van der Waals surface area (Å²) in [5.74, 6) is 0.410. The maximum absolute atomic E-state index is 11.9. The van der Waals surface area contributed by atoms with Crippen LogP contribution in [0.1, 0.15) is 37.7 Å². The second-order valence-corrected chi connectivity index (χ2v) is 6.11. The van der Waals surface area contributed by atoms with Crippen molar-refractivity contribution >= 4 is 5.91 Å². The van der Waals surface area contributed by atoms with Gasteiger partial charge in [0, 0.05) is 18.0 Å². The van der Waals surface area contributed by atoms with Crippen molar-refractivity contribution in [3.63, 3.8) is 0 Å². The third kappa shape index (κ3) is 3.04. The first-order valence-corrected chi connectivity index (χ1v) is 7.56. The minimum atomic E-state index is -0.625. The Bertz CT molecular complexity index is 530. The topological polar surface area (TPSA) is 84.6 Å². The second-order valence-electron chi connectivity index (χ2n) is 6.11. The molecule has 2 unspecified atom stereocenters. The van der Waals surface area contributed by atoms with Crippen LogP contribution in [0.3, 0.4) is 0 Å². The summed E-state index contributed by atoms with van der Waals surface area (Å²) in [5.41, 5.74) is 5.77. The Morgan fingerprint density at radius 1 is 1.38 bits per heavy atom. The minimum Gasteiger partial charge on any atom is -0.490 e. The highest BCUT2D eigenvalue weighted by atomic mass is 16.5. The predicted octanol–water partition coefficient (Wildman–Crippen LogP) is 1.09. The van der Waals surface area contributed by atoms with E-state index in [1.807, 2.05) is 24.3 Å². The van der Waals surface area contributed by atoms with E-state index in [4.69, 9.17) is 10.5 Å². The van der Waals surface area contributed by atoms with E-state index in [1.54, 1.807) is 0 Å². The van der Waals surface area contributed by atoms with Gasteiger partial charge in [0.1, 0.15) is 17.4 Å². The molecule has 5 nitrogen and oxygen atoms in total. The molecule has 3 rings (SSSR count). The number of aliphatic hydroxyl groups is 1. The van der Waals surface area contributed by atoms with Crippen LogP contribution in [-0.2, 0) is 11.4 Å². The van der Waals surface area contributed by atoms with Gasteiger partial charge in [-0.05, 0) is 31.7 Å². The monoisotopic (exact) mass is 290 g/mol. The number of carbonyl (C=O) groups is 1. The van der Waals surface area contributed by atoms with Crippen molar-refractivity contribution in [1.82, 2.24) is 5.32 Å². The number of nitrogens with two attached hydrogens (primary N) is 1. The lowest BCUT2D eigenvalue weighted by molar-refractivity contribution is -0.124. The average molecular weight is 290 g/mol. The SMILES string of the molecule is NC(=O)C1(NC2CC2)CCC(Oc2ccccc2CO)C1. The number of hydrogen-bond acceptors (Lipinski definition) is 4. The summed E-state index contributed by atoms with van der Waals surface area (Å²) >= 11 is 0. The molecule has 2 saturated carbocycles. The van der Waals surface area contributed by atoms with Gasteiger partial charge >= 0.3 is 0 Å². The van der Waals surface area contributed by atoms with E-state index >= 15 is 0 Å². The van der Waals surface area contributed by atoms with Crippen molar-refractivity contribution < 1.29 is 14.6 Å². The fourth-order valence-electron chi connectivity index (χ4n) is 3.07. The van der Waals surface area contributed by atoms with Crippen molar-refractivity contribution in [2.45, 2.75) is 56.4 Å². The molecule has 0 bridgehead atoms. The van der Waals surface area contributed by atoms with Gasteiger partial charge in [-0.15, -0.1) is 0 Å². The summed E-state index contributed by atoms with van der Waals surface area (Å²) in [6, 6.07) is 7.88. The van der Waals surface area contributed by atoms with Crippen LogP contribution >= 0.6 is 0 Å². The zero-order valence-corrected chi connectivity index (χ0v) is 12.0. The van der Waals surface area contributed by atoms with Crippen LogP contribution in [0, 0.1) is 0 Å². The van der Waals surface area contributed by atoms with Crippen molar-refractivity contribution in [3.05, 3.63) is 29.8 Å². The van der Waals surface area contributed by atoms with Gasteiger partial charge in [-0.2, -0.15) is 0 Å². The Morgan fingerprint density at radius 3 is 2.81 bits per heavy atom. The molecule has 2 fully saturated rings. The number of primary amides is 1. The number of carbonyl (C=O) groups excluding carboxylic acids is 1. The molecule has 1 aromatic rings. The van der Waals surface area contributed by atoms with Gasteiger partial charge in [-0.1, -0.05) is 18.2 Å².